The van der Waals surface area contributed by atoms with E-state index in [1.807, 2.05) is 54.6 Å². The number of aliphatic imine (C=N–C) groups is 2. The fourth-order valence-electron chi connectivity index (χ4n) is 4.01. The molecule has 0 fully saturated rings. The Labute approximate surface area is 211 Å². The van der Waals surface area contributed by atoms with E-state index in [0.29, 0.717) is 29.0 Å². The number of nitro benzene ring substituents is 1. The normalized spacial score (nSPS) is 16.1. The molecule has 9 nitrogen and oxygen atoms in total. The molecule has 1 atom stereocenters. The number of nitrogens with one attached hydrogen (secondary N) is 1. The van der Waals surface area contributed by atoms with Crippen molar-refractivity contribution in [1.82, 2.24) is 10.2 Å². The van der Waals surface area contributed by atoms with E-state index in [2.05, 4.69) is 10.3 Å². The van der Waals surface area contributed by atoms with Crippen molar-refractivity contribution in [3.8, 4) is 0 Å². The summed E-state index contributed by atoms with van der Waals surface area (Å²) in [7, 11) is 0. The van der Waals surface area contributed by atoms with Crippen molar-refractivity contribution in [2.45, 2.75) is 24.8 Å². The van der Waals surface area contributed by atoms with Gasteiger partial charge in [0.05, 0.1) is 17.0 Å². The summed E-state index contributed by atoms with van der Waals surface area (Å²) in [5, 5.41) is 14.4. The van der Waals surface area contributed by atoms with Crippen molar-refractivity contribution in [3.05, 3.63) is 106 Å². The van der Waals surface area contributed by atoms with Crippen LogP contribution in [0.15, 0.2) is 88.8 Å². The number of amidine groups is 2. The second kappa shape index (κ2) is 10.1. The highest BCUT2D eigenvalue weighted by Crippen LogP contribution is 2.35. The summed E-state index contributed by atoms with van der Waals surface area (Å²) in [6, 6.07) is 22.5. The predicted octanol–water partition coefficient (Wildman–Crippen LogP) is 4.19. The largest absolute Gasteiger partial charge is 0.352 e. The molecule has 1 N–H and O–H groups in total. The van der Waals surface area contributed by atoms with Crippen LogP contribution in [0.2, 0.25) is 0 Å². The van der Waals surface area contributed by atoms with Crippen LogP contribution in [0.5, 0.6) is 0 Å². The van der Waals surface area contributed by atoms with Crippen molar-refractivity contribution in [2.75, 3.05) is 0 Å². The number of hydrogen-bond acceptors (Lipinski definition) is 7. The average Bonchev–Trinajstić information content (AvgIpc) is 3.23. The lowest BCUT2D eigenvalue weighted by Crippen LogP contribution is -2.45. The molecule has 1 unspecified atom stereocenters. The summed E-state index contributed by atoms with van der Waals surface area (Å²) in [6.07, 6.45) is -0.0576. The van der Waals surface area contributed by atoms with Gasteiger partial charge < -0.3 is 5.32 Å². The molecule has 0 aliphatic carbocycles. The third-order valence-electron chi connectivity index (χ3n) is 5.83. The molecule has 0 radical (unpaired) electrons. The predicted molar refractivity (Wildman–Crippen MR) is 138 cm³/mol. The number of para-hydroxylation sites is 1. The van der Waals surface area contributed by atoms with Gasteiger partial charge in [0.15, 0.2) is 5.17 Å². The third kappa shape index (κ3) is 4.89. The van der Waals surface area contributed by atoms with Crippen molar-refractivity contribution < 1.29 is 14.5 Å². The minimum atomic E-state index is -0.799. The van der Waals surface area contributed by atoms with Gasteiger partial charge >= 0.3 is 0 Å². The van der Waals surface area contributed by atoms with Crippen LogP contribution < -0.4 is 5.32 Å². The highest BCUT2D eigenvalue weighted by atomic mass is 32.2. The molecule has 5 rings (SSSR count). The summed E-state index contributed by atoms with van der Waals surface area (Å²) in [5.41, 5.74) is 3.29. The highest BCUT2D eigenvalue weighted by molar-refractivity contribution is 8.13. The number of fused-ring (bicyclic) bond motifs is 3. The van der Waals surface area contributed by atoms with Gasteiger partial charge in [-0.25, -0.2) is 4.99 Å². The number of nitrogens with zero attached hydrogens (tertiary/aromatic N) is 4. The molecule has 2 aliphatic rings. The number of nitro groups is 1. The van der Waals surface area contributed by atoms with E-state index in [9.17, 15) is 19.7 Å². The molecule has 0 saturated carbocycles. The second-order valence-corrected chi connectivity index (χ2v) is 9.19. The molecule has 10 heteroatoms. The number of amides is 2. The van der Waals surface area contributed by atoms with Crippen LogP contribution in [-0.2, 0) is 21.9 Å². The van der Waals surface area contributed by atoms with E-state index in [0.717, 1.165) is 16.7 Å². The number of rotatable bonds is 7. The molecule has 0 saturated heterocycles. The number of non-ortho nitro benzene ring substituents is 1. The topological polar surface area (TPSA) is 117 Å². The lowest BCUT2D eigenvalue weighted by Gasteiger charge is -2.30. The Morgan fingerprint density at radius 3 is 2.44 bits per heavy atom. The Bertz CT molecular complexity index is 1390. The Kier molecular flexibility index (Phi) is 6.59. The summed E-state index contributed by atoms with van der Waals surface area (Å²) < 4.78 is 0. The van der Waals surface area contributed by atoms with E-state index in [4.69, 9.17) is 4.99 Å². The Hall–Kier alpha value is -4.31. The number of carbonyl (C=O) groups is 2. The fourth-order valence-corrected chi connectivity index (χ4v) is 5.01. The first-order chi connectivity index (χ1) is 17.5. The molecular weight excluding hydrogens is 478 g/mol. The Balaban J connectivity index is 1.35. The van der Waals surface area contributed by atoms with E-state index in [-0.39, 0.29) is 23.9 Å². The van der Waals surface area contributed by atoms with Crippen molar-refractivity contribution in [2.24, 2.45) is 9.98 Å². The summed E-state index contributed by atoms with van der Waals surface area (Å²) in [6.45, 7) is 0.368. The van der Waals surface area contributed by atoms with Gasteiger partial charge in [0.25, 0.3) is 11.6 Å². The first kappa shape index (κ1) is 23.4. The van der Waals surface area contributed by atoms with Gasteiger partial charge in [0.2, 0.25) is 5.91 Å². The van der Waals surface area contributed by atoms with Crippen LogP contribution in [-0.4, -0.2) is 38.7 Å². The summed E-state index contributed by atoms with van der Waals surface area (Å²) >= 11 is 1.39. The molecule has 180 valence electrons. The Morgan fingerprint density at radius 1 is 0.972 bits per heavy atom. The number of carbonyl (C=O) groups excluding carboxylic acids is 2. The van der Waals surface area contributed by atoms with Crippen LogP contribution in [0, 0.1) is 10.1 Å². The molecule has 0 spiro atoms. The minimum Gasteiger partial charge on any atom is -0.352 e. The second-order valence-electron chi connectivity index (χ2n) is 8.25. The maximum absolute atomic E-state index is 12.9. The summed E-state index contributed by atoms with van der Waals surface area (Å²) in [4.78, 5) is 47.0. The number of hydrogen-bond donors (Lipinski definition) is 1. The van der Waals surface area contributed by atoms with Crippen LogP contribution in [0.1, 0.15) is 23.1 Å². The number of thioether (sulfide) groups is 1. The minimum absolute atomic E-state index is 0.0221. The van der Waals surface area contributed by atoms with E-state index in [1.165, 1.54) is 23.9 Å². The van der Waals surface area contributed by atoms with Gasteiger partial charge in [-0.15, -0.1) is 0 Å². The highest BCUT2D eigenvalue weighted by Gasteiger charge is 2.42. The molecule has 2 amide bonds. The van der Waals surface area contributed by atoms with E-state index >= 15 is 0 Å². The van der Waals surface area contributed by atoms with Crippen molar-refractivity contribution in [3.63, 3.8) is 0 Å². The fraction of sp³-hybridized carbons (Fsp3) is 0.154. The van der Waals surface area contributed by atoms with E-state index in [1.54, 1.807) is 17.0 Å². The van der Waals surface area contributed by atoms with Gasteiger partial charge in [-0.05, 0) is 23.3 Å². The average molecular weight is 500 g/mol. The smallest absolute Gasteiger partial charge is 0.271 e. The molecule has 2 heterocycles. The molecule has 3 aromatic carbocycles. The standard InChI is InChI=1S/C26H21N5O4S/c32-23(27-15-17-6-2-1-3-7-17)14-22-25(33)29-24-20-8-4-5-9-21(20)28-26(30(22)24)36-16-18-10-12-19(13-11-18)31(34)35/h1-13,22H,14-16H2,(H,27,32). The van der Waals surface area contributed by atoms with Gasteiger partial charge in [-0.2, -0.15) is 4.99 Å². The molecule has 0 aromatic heterocycles. The first-order valence-corrected chi connectivity index (χ1v) is 12.2. The lowest BCUT2D eigenvalue weighted by atomic mass is 10.1. The van der Waals surface area contributed by atoms with Crippen LogP contribution in [0.3, 0.4) is 0 Å². The van der Waals surface area contributed by atoms with Crippen LogP contribution in [0.4, 0.5) is 11.4 Å². The lowest BCUT2D eigenvalue weighted by molar-refractivity contribution is -0.384. The van der Waals surface area contributed by atoms with E-state index < -0.39 is 11.0 Å². The molecule has 2 aliphatic heterocycles. The van der Waals surface area contributed by atoms with Gasteiger partial charge in [0, 0.05) is 30.0 Å². The molecule has 0 bridgehead atoms. The maximum Gasteiger partial charge on any atom is 0.271 e. The van der Waals surface area contributed by atoms with Gasteiger partial charge in [-0.3, -0.25) is 24.6 Å². The SMILES string of the molecule is O=C(CC1C(=O)N=C2c3ccccc3N=C(SCc3ccc([N+](=O)[O-])cc3)N21)NCc1ccccc1. The van der Waals surface area contributed by atoms with Gasteiger partial charge in [-0.1, -0.05) is 66.4 Å². The zero-order valence-corrected chi connectivity index (χ0v) is 19.9. The van der Waals surface area contributed by atoms with Gasteiger partial charge in [0.1, 0.15) is 11.9 Å². The maximum atomic E-state index is 12.9. The Morgan fingerprint density at radius 2 is 1.69 bits per heavy atom. The first-order valence-electron chi connectivity index (χ1n) is 11.3. The number of benzene rings is 3. The zero-order valence-electron chi connectivity index (χ0n) is 19.0. The quantitative estimate of drug-likeness (QED) is 0.385. The molecule has 36 heavy (non-hydrogen) atoms. The molecular formula is C26H21N5O4S. The van der Waals surface area contributed by atoms with Crippen LogP contribution >= 0.6 is 11.8 Å². The van der Waals surface area contributed by atoms with Crippen molar-refractivity contribution >= 4 is 46.0 Å². The molecule has 3 aromatic rings. The van der Waals surface area contributed by atoms with Crippen LogP contribution in [0.25, 0.3) is 0 Å². The van der Waals surface area contributed by atoms with Crippen molar-refractivity contribution in [1.29, 1.82) is 0 Å². The monoisotopic (exact) mass is 499 g/mol. The summed E-state index contributed by atoms with van der Waals surface area (Å²) in [5.74, 6) is 0.314. The third-order valence-corrected chi connectivity index (χ3v) is 6.86. The zero-order chi connectivity index (χ0) is 25.1.